The first-order chi connectivity index (χ1) is 8.01. The summed E-state index contributed by atoms with van der Waals surface area (Å²) < 4.78 is 5.92. The summed E-state index contributed by atoms with van der Waals surface area (Å²) in [4.78, 5) is 8.58. The minimum atomic E-state index is 0.250. The third kappa shape index (κ3) is 2.99. The summed E-state index contributed by atoms with van der Waals surface area (Å²) >= 11 is 0. The molecule has 0 bridgehead atoms. The van der Waals surface area contributed by atoms with E-state index in [-0.39, 0.29) is 6.41 Å². The Morgan fingerprint density at radius 2 is 1.94 bits per heavy atom. The molecule has 3 heteroatoms. The third-order valence-electron chi connectivity index (χ3n) is 3.24. The van der Waals surface area contributed by atoms with Gasteiger partial charge >= 0.3 is 0 Å². The zero-order valence-electron chi connectivity index (χ0n) is 11.0. The molecular formula is C14H21NO2. The molecule has 1 atom stereocenters. The number of hydrogen-bond acceptors (Lipinski definition) is 2. The molecule has 0 aromatic heterocycles. The number of primary amides is 1. The van der Waals surface area contributed by atoms with Gasteiger partial charge in [0.1, 0.15) is 5.75 Å². The van der Waals surface area contributed by atoms with Gasteiger partial charge in [-0.2, -0.15) is 0 Å². The van der Waals surface area contributed by atoms with Gasteiger partial charge in [-0.25, -0.2) is 0 Å². The Bertz CT molecular complexity index is 413. The molecule has 0 aliphatic carbocycles. The summed E-state index contributed by atoms with van der Waals surface area (Å²) in [5.41, 5.74) is 9.63. The van der Waals surface area contributed by atoms with Crippen LogP contribution < -0.4 is 10.5 Å². The minimum absolute atomic E-state index is 0.250. The normalized spacial score (nSPS) is 17.3. The van der Waals surface area contributed by atoms with E-state index in [1.54, 1.807) is 0 Å². The number of benzene rings is 1. The molecule has 17 heavy (non-hydrogen) atoms. The van der Waals surface area contributed by atoms with Crippen molar-refractivity contribution in [2.75, 3.05) is 0 Å². The summed E-state index contributed by atoms with van der Waals surface area (Å²) in [6.07, 6.45) is 2.95. The standard InChI is InChI=1S/C13H18O.CH3NO/c1-8-7-9(2)12-6-5-10(3)14-13(12)11(8)4;2-1-3/h7,10H,5-6H2,1-4H3;1H,(H2,2,3). The molecule has 0 saturated heterocycles. The van der Waals surface area contributed by atoms with Gasteiger partial charge in [0.25, 0.3) is 0 Å². The second-order valence-electron chi connectivity index (χ2n) is 4.55. The van der Waals surface area contributed by atoms with Crippen LogP contribution >= 0.6 is 0 Å². The van der Waals surface area contributed by atoms with Crippen LogP contribution in [0, 0.1) is 20.8 Å². The van der Waals surface area contributed by atoms with E-state index in [1.807, 2.05) is 0 Å². The van der Waals surface area contributed by atoms with Crippen molar-refractivity contribution in [3.8, 4) is 5.75 Å². The van der Waals surface area contributed by atoms with Crippen LogP contribution in [0.1, 0.15) is 35.6 Å². The maximum atomic E-state index is 8.58. The van der Waals surface area contributed by atoms with Gasteiger partial charge in [0.05, 0.1) is 6.10 Å². The highest BCUT2D eigenvalue weighted by Gasteiger charge is 2.20. The second kappa shape index (κ2) is 5.71. The van der Waals surface area contributed by atoms with Crippen molar-refractivity contribution in [2.24, 2.45) is 5.73 Å². The Morgan fingerprint density at radius 3 is 2.53 bits per heavy atom. The summed E-state index contributed by atoms with van der Waals surface area (Å²) in [6, 6.07) is 2.27. The number of fused-ring (bicyclic) bond motifs is 1. The maximum absolute atomic E-state index is 8.58. The third-order valence-corrected chi connectivity index (χ3v) is 3.24. The molecule has 1 unspecified atom stereocenters. The number of carbonyl (C=O) groups is 1. The van der Waals surface area contributed by atoms with Gasteiger partial charge in [0.2, 0.25) is 6.41 Å². The van der Waals surface area contributed by atoms with Crippen molar-refractivity contribution in [3.63, 3.8) is 0 Å². The number of aryl methyl sites for hydroxylation is 2. The molecule has 2 N–H and O–H groups in total. The fourth-order valence-corrected chi connectivity index (χ4v) is 2.18. The fraction of sp³-hybridized carbons (Fsp3) is 0.500. The van der Waals surface area contributed by atoms with Crippen molar-refractivity contribution in [1.82, 2.24) is 0 Å². The summed E-state index contributed by atoms with van der Waals surface area (Å²) in [5, 5.41) is 0. The molecule has 1 aliphatic heterocycles. The molecule has 1 heterocycles. The Balaban J connectivity index is 0.000000437. The lowest BCUT2D eigenvalue weighted by Crippen LogP contribution is -2.20. The topological polar surface area (TPSA) is 52.3 Å². The number of rotatable bonds is 0. The largest absolute Gasteiger partial charge is 0.490 e. The molecule has 0 fully saturated rings. The molecule has 0 radical (unpaired) electrons. The molecule has 1 aliphatic rings. The first kappa shape index (κ1) is 13.6. The van der Waals surface area contributed by atoms with E-state index in [0.717, 1.165) is 12.2 Å². The average molecular weight is 235 g/mol. The van der Waals surface area contributed by atoms with Crippen molar-refractivity contribution in [3.05, 3.63) is 28.3 Å². The van der Waals surface area contributed by atoms with Crippen molar-refractivity contribution in [1.29, 1.82) is 0 Å². The van der Waals surface area contributed by atoms with Crippen LogP contribution in [0.25, 0.3) is 0 Å². The summed E-state index contributed by atoms with van der Waals surface area (Å²) in [5.74, 6) is 1.15. The molecule has 1 amide bonds. The quantitative estimate of drug-likeness (QED) is 0.702. The highest BCUT2D eigenvalue weighted by atomic mass is 16.5. The number of ether oxygens (including phenoxy) is 1. The van der Waals surface area contributed by atoms with Crippen LogP contribution in [-0.2, 0) is 11.2 Å². The van der Waals surface area contributed by atoms with Crippen LogP contribution in [0.3, 0.4) is 0 Å². The summed E-state index contributed by atoms with van der Waals surface area (Å²) in [7, 11) is 0. The van der Waals surface area contributed by atoms with Crippen molar-refractivity contribution in [2.45, 2.75) is 46.6 Å². The molecule has 1 aromatic rings. The van der Waals surface area contributed by atoms with E-state index in [4.69, 9.17) is 9.53 Å². The van der Waals surface area contributed by atoms with E-state index in [0.29, 0.717) is 6.10 Å². The Kier molecular flexibility index (Phi) is 4.55. The molecule has 3 nitrogen and oxygen atoms in total. The van der Waals surface area contributed by atoms with Crippen molar-refractivity contribution < 1.29 is 9.53 Å². The van der Waals surface area contributed by atoms with Crippen LogP contribution in [-0.4, -0.2) is 12.5 Å². The zero-order chi connectivity index (χ0) is 13.0. The van der Waals surface area contributed by atoms with Crippen LogP contribution in [0.4, 0.5) is 0 Å². The van der Waals surface area contributed by atoms with Crippen molar-refractivity contribution >= 4 is 6.41 Å². The van der Waals surface area contributed by atoms with Gasteiger partial charge < -0.3 is 10.5 Å². The van der Waals surface area contributed by atoms with E-state index < -0.39 is 0 Å². The predicted molar refractivity (Wildman–Crippen MR) is 69.3 cm³/mol. The highest BCUT2D eigenvalue weighted by molar-refractivity contribution is 5.50. The smallest absolute Gasteiger partial charge is 0.204 e. The molecule has 1 aromatic carbocycles. The van der Waals surface area contributed by atoms with E-state index in [1.165, 1.54) is 28.7 Å². The Morgan fingerprint density at radius 1 is 1.35 bits per heavy atom. The lowest BCUT2D eigenvalue weighted by atomic mass is 9.93. The van der Waals surface area contributed by atoms with Crippen LogP contribution in [0.15, 0.2) is 6.07 Å². The van der Waals surface area contributed by atoms with Crippen LogP contribution in [0.5, 0.6) is 5.75 Å². The van der Waals surface area contributed by atoms with Gasteiger partial charge in [-0.3, -0.25) is 4.79 Å². The summed E-state index contributed by atoms with van der Waals surface area (Å²) in [6.45, 7) is 8.65. The van der Waals surface area contributed by atoms with Gasteiger partial charge in [-0.15, -0.1) is 0 Å². The molecular weight excluding hydrogens is 214 g/mol. The Hall–Kier alpha value is -1.51. The minimum Gasteiger partial charge on any atom is -0.490 e. The average Bonchev–Trinajstić information content (AvgIpc) is 2.27. The first-order valence-electron chi connectivity index (χ1n) is 5.93. The van der Waals surface area contributed by atoms with Gasteiger partial charge in [-0.05, 0) is 62.8 Å². The van der Waals surface area contributed by atoms with E-state index >= 15 is 0 Å². The lowest BCUT2D eigenvalue weighted by molar-refractivity contribution is -0.106. The number of carbonyl (C=O) groups excluding carboxylic acids is 1. The predicted octanol–water partition coefficient (Wildman–Crippen LogP) is 2.43. The van der Waals surface area contributed by atoms with Gasteiger partial charge in [0.15, 0.2) is 0 Å². The highest BCUT2D eigenvalue weighted by Crippen LogP contribution is 2.35. The maximum Gasteiger partial charge on any atom is 0.204 e. The molecule has 0 spiro atoms. The number of amides is 1. The zero-order valence-corrected chi connectivity index (χ0v) is 11.0. The number of nitrogens with two attached hydrogens (primary N) is 1. The first-order valence-corrected chi connectivity index (χ1v) is 5.93. The monoisotopic (exact) mass is 235 g/mol. The SMILES string of the molecule is Cc1cc(C)c2c(c1C)OC(C)CC2.NC=O. The fourth-order valence-electron chi connectivity index (χ4n) is 2.18. The van der Waals surface area contributed by atoms with E-state index in [9.17, 15) is 0 Å². The second-order valence-corrected chi connectivity index (χ2v) is 4.55. The van der Waals surface area contributed by atoms with Crippen LogP contribution in [0.2, 0.25) is 0 Å². The Labute approximate surface area is 103 Å². The van der Waals surface area contributed by atoms with Gasteiger partial charge in [0, 0.05) is 0 Å². The molecule has 2 rings (SSSR count). The molecule has 94 valence electrons. The van der Waals surface area contributed by atoms with Gasteiger partial charge in [-0.1, -0.05) is 6.07 Å². The number of hydrogen-bond donors (Lipinski definition) is 1. The molecule has 0 saturated carbocycles. The van der Waals surface area contributed by atoms with E-state index in [2.05, 4.69) is 39.5 Å². The lowest BCUT2D eigenvalue weighted by Gasteiger charge is -2.27.